The summed E-state index contributed by atoms with van der Waals surface area (Å²) >= 11 is 0. The number of hydrogen-bond donors (Lipinski definition) is 2. The fraction of sp³-hybridized carbons (Fsp3) is 0.500. The molecule has 9 heteroatoms. The van der Waals surface area contributed by atoms with Crippen LogP contribution in [0.25, 0.3) is 0 Å². The first-order valence-electron chi connectivity index (χ1n) is 7.41. The van der Waals surface area contributed by atoms with Crippen LogP contribution in [-0.2, 0) is 20.4 Å². The van der Waals surface area contributed by atoms with Gasteiger partial charge >= 0.3 is 18.2 Å². The second-order valence-corrected chi connectivity index (χ2v) is 6.18. The van der Waals surface area contributed by atoms with Crippen molar-refractivity contribution < 1.29 is 32.2 Å². The van der Waals surface area contributed by atoms with Crippen molar-refractivity contribution in [1.82, 2.24) is 5.32 Å². The van der Waals surface area contributed by atoms with E-state index in [9.17, 15) is 22.8 Å². The standard InChI is InChI=1S/C16H21F3N2O4/c1-15(2,3)25-14(23)20-9-12(13(22)24-4)21-11-7-5-10(6-8-11)16(17,18)19/h5-8,12,21H,9H2,1-4H3,(H,20,23)/t12-/m0/s1. The van der Waals surface area contributed by atoms with E-state index in [2.05, 4.69) is 15.4 Å². The number of carbonyl (C=O) groups is 2. The van der Waals surface area contributed by atoms with Gasteiger partial charge in [0.1, 0.15) is 11.6 Å². The van der Waals surface area contributed by atoms with Crippen LogP contribution in [0.4, 0.5) is 23.7 Å². The largest absolute Gasteiger partial charge is 0.467 e. The van der Waals surface area contributed by atoms with E-state index in [-0.39, 0.29) is 12.2 Å². The number of nitrogens with one attached hydrogen (secondary N) is 2. The molecule has 0 aliphatic carbocycles. The highest BCUT2D eigenvalue weighted by molar-refractivity contribution is 5.80. The predicted octanol–water partition coefficient (Wildman–Crippen LogP) is 3.18. The minimum atomic E-state index is -4.45. The predicted molar refractivity (Wildman–Crippen MR) is 85.1 cm³/mol. The number of halogens is 3. The molecule has 0 saturated carbocycles. The van der Waals surface area contributed by atoms with Gasteiger partial charge in [0.05, 0.1) is 19.2 Å². The molecule has 0 heterocycles. The quantitative estimate of drug-likeness (QED) is 0.787. The number of alkyl carbamates (subject to hydrolysis) is 1. The lowest BCUT2D eigenvalue weighted by Gasteiger charge is -2.22. The molecule has 2 N–H and O–H groups in total. The molecule has 0 saturated heterocycles. The lowest BCUT2D eigenvalue weighted by atomic mass is 10.2. The van der Waals surface area contributed by atoms with Gasteiger partial charge in [0.15, 0.2) is 0 Å². The molecule has 0 spiro atoms. The SMILES string of the molecule is COC(=O)[C@H](CNC(=O)OC(C)(C)C)Nc1ccc(C(F)(F)F)cc1. The zero-order chi connectivity index (χ0) is 19.3. The van der Waals surface area contributed by atoms with Gasteiger partial charge < -0.3 is 20.1 Å². The Morgan fingerprint density at radius 1 is 1.12 bits per heavy atom. The van der Waals surface area contributed by atoms with Gasteiger partial charge in [-0.1, -0.05) is 0 Å². The van der Waals surface area contributed by atoms with E-state index in [0.717, 1.165) is 19.2 Å². The van der Waals surface area contributed by atoms with Crippen LogP contribution in [-0.4, -0.2) is 37.4 Å². The number of carbonyl (C=O) groups excluding carboxylic acids is 2. The number of benzene rings is 1. The number of anilines is 1. The third-order valence-corrected chi connectivity index (χ3v) is 2.89. The van der Waals surface area contributed by atoms with E-state index in [1.807, 2.05) is 0 Å². The zero-order valence-electron chi connectivity index (χ0n) is 14.4. The molecule has 0 bridgehead atoms. The summed E-state index contributed by atoms with van der Waals surface area (Å²) in [6.07, 6.45) is -5.17. The first-order chi connectivity index (χ1) is 11.4. The molecule has 1 rings (SSSR count). The Hall–Kier alpha value is -2.45. The van der Waals surface area contributed by atoms with Gasteiger partial charge in [0.2, 0.25) is 0 Å². The van der Waals surface area contributed by atoms with E-state index in [1.165, 1.54) is 12.1 Å². The molecule has 6 nitrogen and oxygen atoms in total. The minimum absolute atomic E-state index is 0.164. The van der Waals surface area contributed by atoms with Crippen molar-refractivity contribution in [3.05, 3.63) is 29.8 Å². The first kappa shape index (κ1) is 20.6. The number of ether oxygens (including phenoxy) is 2. The summed E-state index contributed by atoms with van der Waals surface area (Å²) in [6.45, 7) is 4.89. The molecule has 1 aromatic carbocycles. The molecule has 1 aromatic rings. The highest BCUT2D eigenvalue weighted by atomic mass is 19.4. The van der Waals surface area contributed by atoms with E-state index in [0.29, 0.717) is 0 Å². The maximum Gasteiger partial charge on any atom is 0.416 e. The maximum atomic E-state index is 12.6. The second kappa shape index (κ2) is 8.09. The molecule has 1 amide bonds. The van der Waals surface area contributed by atoms with Gasteiger partial charge in [0, 0.05) is 5.69 Å². The van der Waals surface area contributed by atoms with Crippen LogP contribution in [0.5, 0.6) is 0 Å². The molecule has 25 heavy (non-hydrogen) atoms. The van der Waals surface area contributed by atoms with E-state index in [1.54, 1.807) is 20.8 Å². The lowest BCUT2D eigenvalue weighted by Crippen LogP contribution is -2.43. The fourth-order valence-electron chi connectivity index (χ4n) is 1.79. The second-order valence-electron chi connectivity index (χ2n) is 6.18. The third kappa shape index (κ3) is 7.32. The van der Waals surface area contributed by atoms with Crippen molar-refractivity contribution in [3.8, 4) is 0 Å². The van der Waals surface area contributed by atoms with Gasteiger partial charge in [0.25, 0.3) is 0 Å². The van der Waals surface area contributed by atoms with Crippen molar-refractivity contribution in [2.75, 3.05) is 19.0 Å². The van der Waals surface area contributed by atoms with Crippen LogP contribution in [0, 0.1) is 0 Å². The average Bonchev–Trinajstić information content (AvgIpc) is 2.48. The number of esters is 1. The van der Waals surface area contributed by atoms with Crippen molar-refractivity contribution in [2.24, 2.45) is 0 Å². The summed E-state index contributed by atoms with van der Waals surface area (Å²) in [7, 11) is 1.16. The Balaban J connectivity index is 2.73. The third-order valence-electron chi connectivity index (χ3n) is 2.89. The van der Waals surface area contributed by atoms with Gasteiger partial charge in [-0.25, -0.2) is 9.59 Å². The summed E-state index contributed by atoms with van der Waals surface area (Å²) in [5.41, 5.74) is -1.24. The van der Waals surface area contributed by atoms with Crippen LogP contribution in [0.1, 0.15) is 26.3 Å². The smallest absolute Gasteiger partial charge is 0.416 e. The number of rotatable bonds is 5. The van der Waals surface area contributed by atoms with Crippen molar-refractivity contribution in [2.45, 2.75) is 38.6 Å². The Kier molecular flexibility index (Phi) is 6.66. The highest BCUT2D eigenvalue weighted by Crippen LogP contribution is 2.29. The molecule has 0 aliphatic rings. The van der Waals surface area contributed by atoms with Crippen LogP contribution in [0.2, 0.25) is 0 Å². The molecule has 0 aliphatic heterocycles. The zero-order valence-corrected chi connectivity index (χ0v) is 14.4. The normalized spacial score (nSPS) is 12.9. The van der Waals surface area contributed by atoms with Crippen LogP contribution < -0.4 is 10.6 Å². The monoisotopic (exact) mass is 362 g/mol. The van der Waals surface area contributed by atoms with Gasteiger partial charge in [-0.3, -0.25) is 0 Å². The fourth-order valence-corrected chi connectivity index (χ4v) is 1.79. The summed E-state index contributed by atoms with van der Waals surface area (Å²) in [4.78, 5) is 23.4. The molecular formula is C16H21F3N2O4. The first-order valence-corrected chi connectivity index (χ1v) is 7.41. The van der Waals surface area contributed by atoms with E-state index in [4.69, 9.17) is 4.74 Å². The van der Waals surface area contributed by atoms with Crippen molar-refractivity contribution in [3.63, 3.8) is 0 Å². The van der Waals surface area contributed by atoms with Crippen LogP contribution in [0.3, 0.4) is 0 Å². The molecule has 1 atom stereocenters. The molecular weight excluding hydrogens is 341 g/mol. The van der Waals surface area contributed by atoms with Gasteiger partial charge in [-0.15, -0.1) is 0 Å². The molecule has 0 unspecified atom stereocenters. The summed E-state index contributed by atoms with van der Waals surface area (Å²) < 4.78 is 47.3. The van der Waals surface area contributed by atoms with Crippen LogP contribution >= 0.6 is 0 Å². The highest BCUT2D eigenvalue weighted by Gasteiger charge is 2.30. The Morgan fingerprint density at radius 3 is 2.12 bits per heavy atom. The van der Waals surface area contributed by atoms with Gasteiger partial charge in [-0.2, -0.15) is 13.2 Å². The molecule has 0 fully saturated rings. The number of amides is 1. The number of methoxy groups -OCH3 is 1. The number of alkyl halides is 3. The molecule has 140 valence electrons. The summed E-state index contributed by atoms with van der Waals surface area (Å²) in [6, 6.07) is 3.16. The minimum Gasteiger partial charge on any atom is -0.467 e. The Morgan fingerprint density at radius 2 is 1.68 bits per heavy atom. The topological polar surface area (TPSA) is 76.7 Å². The Labute approximate surface area is 143 Å². The van der Waals surface area contributed by atoms with Crippen molar-refractivity contribution >= 4 is 17.7 Å². The molecule has 0 aromatic heterocycles. The summed E-state index contributed by atoms with van der Waals surface area (Å²) in [5.74, 6) is -0.684. The maximum absolute atomic E-state index is 12.6. The van der Waals surface area contributed by atoms with Crippen LogP contribution in [0.15, 0.2) is 24.3 Å². The average molecular weight is 362 g/mol. The van der Waals surface area contributed by atoms with E-state index < -0.39 is 35.4 Å². The molecule has 0 radical (unpaired) electrons. The van der Waals surface area contributed by atoms with Gasteiger partial charge in [-0.05, 0) is 45.0 Å². The summed E-state index contributed by atoms with van der Waals surface area (Å²) in [5, 5.41) is 5.12. The van der Waals surface area contributed by atoms with E-state index >= 15 is 0 Å². The van der Waals surface area contributed by atoms with Crippen molar-refractivity contribution in [1.29, 1.82) is 0 Å². The Bertz CT molecular complexity index is 595. The lowest BCUT2D eigenvalue weighted by molar-refractivity contribution is -0.141. The number of hydrogen-bond acceptors (Lipinski definition) is 5.